The molecule has 1 aliphatic carbocycles. The van der Waals surface area contributed by atoms with Crippen LogP contribution in [-0.4, -0.2) is 45.8 Å². The van der Waals surface area contributed by atoms with E-state index in [4.69, 9.17) is 9.26 Å². The van der Waals surface area contributed by atoms with Gasteiger partial charge in [-0.2, -0.15) is 4.98 Å². The lowest BCUT2D eigenvalue weighted by molar-refractivity contribution is -0.0191. The highest BCUT2D eigenvalue weighted by atomic mass is 16.5. The van der Waals surface area contributed by atoms with Gasteiger partial charge in [-0.05, 0) is 30.4 Å². The molecule has 2 aromatic rings. The molecule has 2 fully saturated rings. The van der Waals surface area contributed by atoms with Crippen LogP contribution in [0.2, 0.25) is 0 Å². The molecule has 1 saturated heterocycles. The van der Waals surface area contributed by atoms with Crippen molar-refractivity contribution in [1.29, 1.82) is 0 Å². The lowest BCUT2D eigenvalue weighted by Crippen LogP contribution is -2.44. The molecule has 24 heavy (non-hydrogen) atoms. The third kappa shape index (κ3) is 3.23. The number of nitrogens with one attached hydrogen (secondary N) is 1. The smallest absolute Gasteiger partial charge is 0.323 e. The Labute approximate surface area is 139 Å². The van der Waals surface area contributed by atoms with Crippen molar-refractivity contribution in [2.75, 3.05) is 25.0 Å². The number of urea groups is 1. The highest BCUT2D eigenvalue weighted by Crippen LogP contribution is 2.39. The monoisotopic (exact) mass is 329 g/mol. The topological polar surface area (TPSA) is 93.4 Å². The average Bonchev–Trinajstić information content (AvgIpc) is 3.36. The summed E-state index contributed by atoms with van der Waals surface area (Å²) >= 11 is 0. The maximum Gasteiger partial charge on any atom is 0.323 e. The lowest BCUT2D eigenvalue weighted by Gasteiger charge is -2.31. The van der Waals surface area contributed by atoms with E-state index < -0.39 is 0 Å². The van der Waals surface area contributed by atoms with Crippen LogP contribution < -0.4 is 5.32 Å². The van der Waals surface area contributed by atoms with Gasteiger partial charge in [0.2, 0.25) is 11.7 Å². The van der Waals surface area contributed by atoms with Gasteiger partial charge in [-0.1, -0.05) is 11.2 Å². The summed E-state index contributed by atoms with van der Waals surface area (Å²) in [6.07, 6.45) is 3.94. The number of carbonyl (C=O) groups excluding carboxylic acids is 1. The molecular formula is C16H19N5O3. The van der Waals surface area contributed by atoms with Crippen LogP contribution in [0, 0.1) is 6.92 Å². The molecule has 1 atom stereocenters. The predicted octanol–water partition coefficient (Wildman–Crippen LogP) is 2.26. The number of ether oxygens (including phenoxy) is 1. The minimum Gasteiger partial charge on any atom is -0.366 e. The molecule has 1 N–H and O–H groups in total. The largest absolute Gasteiger partial charge is 0.366 e. The van der Waals surface area contributed by atoms with Crippen LogP contribution in [-0.2, 0) is 4.74 Å². The summed E-state index contributed by atoms with van der Waals surface area (Å²) in [7, 11) is 0. The average molecular weight is 329 g/mol. The molecule has 4 rings (SSSR count). The molecule has 8 heteroatoms. The maximum atomic E-state index is 12.4. The number of anilines is 1. The molecule has 0 bridgehead atoms. The molecule has 126 valence electrons. The Balaban J connectivity index is 1.38. The van der Waals surface area contributed by atoms with Crippen molar-refractivity contribution in [2.24, 2.45) is 0 Å². The van der Waals surface area contributed by atoms with Gasteiger partial charge in [0.15, 0.2) is 0 Å². The zero-order valence-corrected chi connectivity index (χ0v) is 13.4. The third-order valence-electron chi connectivity index (χ3n) is 4.26. The molecule has 8 nitrogen and oxygen atoms in total. The van der Waals surface area contributed by atoms with Crippen molar-refractivity contribution in [3.63, 3.8) is 0 Å². The van der Waals surface area contributed by atoms with Gasteiger partial charge in [-0.15, -0.1) is 0 Å². The minimum atomic E-state index is -0.368. The van der Waals surface area contributed by atoms with Crippen molar-refractivity contribution < 1.29 is 14.1 Å². The van der Waals surface area contributed by atoms with Crippen molar-refractivity contribution in [2.45, 2.75) is 31.8 Å². The van der Waals surface area contributed by atoms with E-state index in [9.17, 15) is 4.79 Å². The first-order valence-corrected chi connectivity index (χ1v) is 8.13. The number of aryl methyl sites for hydroxylation is 1. The Morgan fingerprint density at radius 2 is 2.25 bits per heavy atom. The number of rotatable bonds is 3. The summed E-state index contributed by atoms with van der Waals surface area (Å²) < 4.78 is 10.6. The minimum absolute atomic E-state index is 0.199. The Kier molecular flexibility index (Phi) is 3.89. The van der Waals surface area contributed by atoms with Crippen LogP contribution >= 0.6 is 0 Å². The zero-order valence-electron chi connectivity index (χ0n) is 13.4. The predicted molar refractivity (Wildman–Crippen MR) is 84.5 cm³/mol. The number of aromatic nitrogens is 3. The molecule has 0 aromatic carbocycles. The number of pyridine rings is 1. The Morgan fingerprint density at radius 1 is 1.38 bits per heavy atom. The second-order valence-corrected chi connectivity index (χ2v) is 6.16. The fourth-order valence-electron chi connectivity index (χ4n) is 2.76. The summed E-state index contributed by atoms with van der Waals surface area (Å²) in [5.41, 5.74) is 1.24. The number of carbonyl (C=O) groups is 1. The van der Waals surface area contributed by atoms with Gasteiger partial charge in [-0.25, -0.2) is 9.78 Å². The first kappa shape index (κ1) is 15.1. The second kappa shape index (κ2) is 6.20. The number of nitrogens with zero attached hydrogens (tertiary/aromatic N) is 4. The Bertz CT molecular complexity index is 726. The first-order chi connectivity index (χ1) is 11.7. The SMILES string of the molecule is Cc1nc(C2CN(C(=O)Nc3ccc(C4CC4)cn3)CCO2)no1. The molecule has 2 amide bonds. The van der Waals surface area contributed by atoms with E-state index in [1.807, 2.05) is 18.3 Å². The number of hydrogen-bond acceptors (Lipinski definition) is 6. The zero-order chi connectivity index (χ0) is 16.5. The summed E-state index contributed by atoms with van der Waals surface area (Å²) in [6.45, 7) is 3.05. The van der Waals surface area contributed by atoms with Crippen molar-refractivity contribution in [1.82, 2.24) is 20.0 Å². The first-order valence-electron chi connectivity index (χ1n) is 8.13. The lowest BCUT2D eigenvalue weighted by atomic mass is 10.2. The molecule has 0 spiro atoms. The Morgan fingerprint density at radius 3 is 2.92 bits per heavy atom. The van der Waals surface area contributed by atoms with Gasteiger partial charge < -0.3 is 14.2 Å². The standard InChI is InChI=1S/C16H19N5O3/c1-10-18-15(20-24-10)13-9-21(6-7-23-13)16(22)19-14-5-4-12(8-17-14)11-2-3-11/h4-5,8,11,13H,2-3,6-7,9H2,1H3,(H,17,19,22). The molecular weight excluding hydrogens is 310 g/mol. The fourth-order valence-corrected chi connectivity index (χ4v) is 2.76. The molecule has 0 radical (unpaired) electrons. The van der Waals surface area contributed by atoms with Gasteiger partial charge in [0, 0.05) is 19.7 Å². The number of hydrogen-bond donors (Lipinski definition) is 1. The Hall–Kier alpha value is -2.48. The summed E-state index contributed by atoms with van der Waals surface area (Å²) in [5.74, 6) is 2.16. The van der Waals surface area contributed by atoms with Crippen LogP contribution in [0.1, 0.15) is 42.1 Å². The molecule has 1 saturated carbocycles. The molecule has 2 aromatic heterocycles. The van der Waals surface area contributed by atoms with Gasteiger partial charge >= 0.3 is 6.03 Å². The molecule has 2 aliphatic rings. The molecule has 3 heterocycles. The van der Waals surface area contributed by atoms with Crippen LogP contribution in [0.15, 0.2) is 22.9 Å². The summed E-state index contributed by atoms with van der Waals surface area (Å²) in [6, 6.07) is 3.69. The molecule has 1 unspecified atom stereocenters. The van der Waals surface area contributed by atoms with Crippen LogP contribution in [0.25, 0.3) is 0 Å². The maximum absolute atomic E-state index is 12.4. The van der Waals surface area contributed by atoms with E-state index in [2.05, 4.69) is 20.4 Å². The van der Waals surface area contributed by atoms with E-state index in [0.717, 1.165) is 0 Å². The van der Waals surface area contributed by atoms with Crippen molar-refractivity contribution in [3.05, 3.63) is 35.6 Å². The van der Waals surface area contributed by atoms with E-state index >= 15 is 0 Å². The number of morpholine rings is 1. The van der Waals surface area contributed by atoms with Gasteiger partial charge in [-0.3, -0.25) is 5.32 Å². The molecule has 1 aliphatic heterocycles. The van der Waals surface area contributed by atoms with E-state index in [1.165, 1.54) is 18.4 Å². The van der Waals surface area contributed by atoms with Crippen LogP contribution in [0.4, 0.5) is 10.6 Å². The summed E-state index contributed by atoms with van der Waals surface area (Å²) in [4.78, 5) is 22.6. The highest BCUT2D eigenvalue weighted by Gasteiger charge is 2.29. The third-order valence-corrected chi connectivity index (χ3v) is 4.26. The van der Waals surface area contributed by atoms with Crippen molar-refractivity contribution in [3.8, 4) is 0 Å². The van der Waals surface area contributed by atoms with Gasteiger partial charge in [0.25, 0.3) is 0 Å². The van der Waals surface area contributed by atoms with E-state index in [0.29, 0.717) is 43.1 Å². The van der Waals surface area contributed by atoms with Gasteiger partial charge in [0.1, 0.15) is 11.9 Å². The second-order valence-electron chi connectivity index (χ2n) is 6.16. The van der Waals surface area contributed by atoms with E-state index in [1.54, 1.807) is 11.8 Å². The van der Waals surface area contributed by atoms with Crippen molar-refractivity contribution >= 4 is 11.8 Å². The normalized spacial score (nSPS) is 20.9. The van der Waals surface area contributed by atoms with E-state index in [-0.39, 0.29) is 12.1 Å². The van der Waals surface area contributed by atoms with Crippen LogP contribution in [0.3, 0.4) is 0 Å². The van der Waals surface area contributed by atoms with Crippen LogP contribution in [0.5, 0.6) is 0 Å². The summed E-state index contributed by atoms with van der Waals surface area (Å²) in [5, 5.41) is 6.70. The highest BCUT2D eigenvalue weighted by molar-refractivity contribution is 5.88. The quantitative estimate of drug-likeness (QED) is 0.928. The van der Waals surface area contributed by atoms with Gasteiger partial charge in [0.05, 0.1) is 13.2 Å². The fraction of sp³-hybridized carbons (Fsp3) is 0.500. The number of amides is 2.